The van der Waals surface area contributed by atoms with E-state index in [4.69, 9.17) is 32.7 Å². The second kappa shape index (κ2) is 9.31. The van der Waals surface area contributed by atoms with Crippen LogP contribution in [0.4, 0.5) is 5.69 Å². The van der Waals surface area contributed by atoms with Gasteiger partial charge in [0, 0.05) is 10.7 Å². The summed E-state index contributed by atoms with van der Waals surface area (Å²) in [4.78, 5) is 12.4. The van der Waals surface area contributed by atoms with Gasteiger partial charge in [0.15, 0.2) is 11.5 Å². The third kappa shape index (κ3) is 5.65. The fourth-order valence-electron chi connectivity index (χ4n) is 2.25. The lowest BCUT2D eigenvalue weighted by Gasteiger charge is -2.15. The minimum absolute atomic E-state index is 0.0871. The van der Waals surface area contributed by atoms with E-state index in [9.17, 15) is 10.1 Å². The summed E-state index contributed by atoms with van der Waals surface area (Å²) < 4.78 is 11.0. The molecule has 1 amide bonds. The van der Waals surface area contributed by atoms with Gasteiger partial charge < -0.3 is 14.8 Å². The Balaban J connectivity index is 2.32. The monoisotopic (exact) mass is 404 g/mol. The molecule has 0 aliphatic rings. The van der Waals surface area contributed by atoms with Gasteiger partial charge in [0.25, 0.3) is 5.91 Å². The zero-order valence-electron chi connectivity index (χ0n) is 15.0. The number of nitrogens with zero attached hydrogens (tertiary/aromatic N) is 1. The van der Waals surface area contributed by atoms with Crippen molar-refractivity contribution in [1.29, 1.82) is 5.26 Å². The van der Waals surface area contributed by atoms with Crippen molar-refractivity contribution in [1.82, 2.24) is 0 Å². The molecule has 0 atom stereocenters. The van der Waals surface area contributed by atoms with E-state index in [1.54, 1.807) is 36.4 Å². The fourth-order valence-corrected chi connectivity index (χ4v) is 2.71. The van der Waals surface area contributed by atoms with Crippen molar-refractivity contribution in [2.45, 2.75) is 20.0 Å². The van der Waals surface area contributed by atoms with E-state index in [0.29, 0.717) is 32.8 Å². The number of carbonyl (C=O) groups is 1. The number of carbonyl (C=O) groups excluding carboxylic acids is 1. The van der Waals surface area contributed by atoms with Gasteiger partial charge in [0.05, 0.1) is 18.2 Å². The molecule has 0 fully saturated rings. The van der Waals surface area contributed by atoms with Gasteiger partial charge in [-0.05, 0) is 55.8 Å². The number of nitriles is 1. The second-order valence-electron chi connectivity index (χ2n) is 5.84. The van der Waals surface area contributed by atoms with Crippen molar-refractivity contribution in [2.75, 3.05) is 12.4 Å². The molecule has 0 aliphatic heterocycles. The van der Waals surface area contributed by atoms with Gasteiger partial charge in [-0.25, -0.2) is 0 Å². The standard InChI is InChI=1S/C20H18Cl2N2O3/c1-12(2)27-19-17(22)8-13(9-18(19)26-3)7-14(11-23)20(25)24-16-6-4-5-15(21)10-16/h4-10,12H,1-3H3,(H,24,25)/b14-7+. The third-order valence-electron chi connectivity index (χ3n) is 3.36. The Morgan fingerprint density at radius 2 is 2.00 bits per heavy atom. The average molecular weight is 405 g/mol. The highest BCUT2D eigenvalue weighted by molar-refractivity contribution is 6.32. The van der Waals surface area contributed by atoms with E-state index in [-0.39, 0.29) is 11.7 Å². The van der Waals surface area contributed by atoms with Crippen LogP contribution in [0.5, 0.6) is 11.5 Å². The van der Waals surface area contributed by atoms with E-state index in [1.165, 1.54) is 13.2 Å². The Kier molecular flexibility index (Phi) is 7.12. The molecular formula is C20H18Cl2N2O3. The maximum absolute atomic E-state index is 12.4. The number of rotatable bonds is 6. The lowest BCUT2D eigenvalue weighted by atomic mass is 10.1. The summed E-state index contributed by atoms with van der Waals surface area (Å²) in [6, 6.07) is 11.8. The number of methoxy groups -OCH3 is 1. The molecule has 0 unspecified atom stereocenters. The summed E-state index contributed by atoms with van der Waals surface area (Å²) >= 11 is 12.2. The smallest absolute Gasteiger partial charge is 0.266 e. The molecule has 0 spiro atoms. The third-order valence-corrected chi connectivity index (χ3v) is 3.88. The summed E-state index contributed by atoms with van der Waals surface area (Å²) in [6.45, 7) is 3.75. The Morgan fingerprint density at radius 1 is 1.26 bits per heavy atom. The highest BCUT2D eigenvalue weighted by Gasteiger charge is 2.15. The summed E-state index contributed by atoms with van der Waals surface area (Å²) in [5.74, 6) is 0.264. The predicted molar refractivity (Wildman–Crippen MR) is 107 cm³/mol. The van der Waals surface area contributed by atoms with E-state index < -0.39 is 5.91 Å². The Hall–Kier alpha value is -2.68. The molecule has 0 heterocycles. The Morgan fingerprint density at radius 3 is 2.59 bits per heavy atom. The van der Waals surface area contributed by atoms with Crippen LogP contribution in [0.2, 0.25) is 10.0 Å². The molecular weight excluding hydrogens is 387 g/mol. The highest BCUT2D eigenvalue weighted by atomic mass is 35.5. The molecule has 0 radical (unpaired) electrons. The minimum atomic E-state index is -0.558. The van der Waals surface area contributed by atoms with Crippen molar-refractivity contribution in [3.8, 4) is 17.6 Å². The largest absolute Gasteiger partial charge is 0.493 e. The molecule has 2 aromatic carbocycles. The zero-order chi connectivity index (χ0) is 20.0. The highest BCUT2D eigenvalue weighted by Crippen LogP contribution is 2.37. The van der Waals surface area contributed by atoms with Crippen LogP contribution in [0.25, 0.3) is 6.08 Å². The molecule has 5 nitrogen and oxygen atoms in total. The first-order valence-electron chi connectivity index (χ1n) is 8.07. The van der Waals surface area contributed by atoms with Crippen LogP contribution in [0.1, 0.15) is 19.4 Å². The second-order valence-corrected chi connectivity index (χ2v) is 6.68. The zero-order valence-corrected chi connectivity index (χ0v) is 16.6. The number of nitrogens with one attached hydrogen (secondary N) is 1. The van der Waals surface area contributed by atoms with Crippen molar-refractivity contribution in [3.63, 3.8) is 0 Å². The first-order valence-corrected chi connectivity index (χ1v) is 8.82. The quantitative estimate of drug-likeness (QED) is 0.521. The molecule has 0 saturated heterocycles. The Labute approximate surface area is 168 Å². The first-order chi connectivity index (χ1) is 12.8. The van der Waals surface area contributed by atoms with Gasteiger partial charge in [-0.1, -0.05) is 29.3 Å². The van der Waals surface area contributed by atoms with Crippen LogP contribution in [-0.4, -0.2) is 19.1 Å². The van der Waals surface area contributed by atoms with Crippen molar-refractivity contribution in [3.05, 3.63) is 57.6 Å². The van der Waals surface area contributed by atoms with E-state index >= 15 is 0 Å². The summed E-state index contributed by atoms with van der Waals surface area (Å²) in [6.07, 6.45) is 1.34. The normalized spacial score (nSPS) is 11.1. The number of anilines is 1. The average Bonchev–Trinajstić information content (AvgIpc) is 2.61. The summed E-state index contributed by atoms with van der Waals surface area (Å²) in [7, 11) is 1.49. The number of hydrogen-bond donors (Lipinski definition) is 1. The van der Waals surface area contributed by atoms with Crippen LogP contribution >= 0.6 is 23.2 Å². The fraction of sp³-hybridized carbons (Fsp3) is 0.200. The SMILES string of the molecule is COc1cc(/C=C(\C#N)C(=O)Nc2cccc(Cl)c2)cc(Cl)c1OC(C)C. The van der Waals surface area contributed by atoms with Crippen LogP contribution in [-0.2, 0) is 4.79 Å². The molecule has 140 valence electrons. The van der Waals surface area contributed by atoms with E-state index in [2.05, 4.69) is 5.32 Å². The van der Waals surface area contributed by atoms with Gasteiger partial charge in [-0.3, -0.25) is 4.79 Å². The van der Waals surface area contributed by atoms with Gasteiger partial charge in [0.2, 0.25) is 0 Å². The van der Waals surface area contributed by atoms with Crippen LogP contribution in [0.15, 0.2) is 42.0 Å². The molecule has 0 saturated carbocycles. The number of benzene rings is 2. The number of halogens is 2. The van der Waals surface area contributed by atoms with Crippen molar-refractivity contribution < 1.29 is 14.3 Å². The summed E-state index contributed by atoms with van der Waals surface area (Å²) in [5.41, 5.74) is 0.932. The molecule has 2 rings (SSSR count). The van der Waals surface area contributed by atoms with Gasteiger partial charge in [0.1, 0.15) is 11.6 Å². The molecule has 7 heteroatoms. The van der Waals surface area contributed by atoms with Crippen LogP contribution in [0.3, 0.4) is 0 Å². The number of hydrogen-bond acceptors (Lipinski definition) is 4. The molecule has 1 N–H and O–H groups in total. The first kappa shape index (κ1) is 20.6. The molecule has 27 heavy (non-hydrogen) atoms. The molecule has 0 bridgehead atoms. The van der Waals surface area contributed by atoms with E-state index in [0.717, 1.165) is 0 Å². The lowest BCUT2D eigenvalue weighted by molar-refractivity contribution is -0.112. The molecule has 2 aromatic rings. The molecule has 0 aromatic heterocycles. The minimum Gasteiger partial charge on any atom is -0.493 e. The van der Waals surface area contributed by atoms with Gasteiger partial charge >= 0.3 is 0 Å². The number of amides is 1. The van der Waals surface area contributed by atoms with E-state index in [1.807, 2.05) is 19.9 Å². The van der Waals surface area contributed by atoms with Crippen LogP contribution < -0.4 is 14.8 Å². The Bertz CT molecular complexity index is 918. The molecule has 0 aliphatic carbocycles. The summed E-state index contributed by atoms with van der Waals surface area (Å²) in [5, 5.41) is 12.8. The van der Waals surface area contributed by atoms with Crippen molar-refractivity contribution >= 4 is 40.9 Å². The lowest BCUT2D eigenvalue weighted by Crippen LogP contribution is -2.13. The number of ether oxygens (including phenoxy) is 2. The van der Waals surface area contributed by atoms with Gasteiger partial charge in [-0.2, -0.15) is 5.26 Å². The predicted octanol–water partition coefficient (Wildman–Crippen LogP) is 5.33. The van der Waals surface area contributed by atoms with Crippen molar-refractivity contribution in [2.24, 2.45) is 0 Å². The maximum atomic E-state index is 12.4. The van der Waals surface area contributed by atoms with Gasteiger partial charge in [-0.15, -0.1) is 0 Å². The maximum Gasteiger partial charge on any atom is 0.266 e. The van der Waals surface area contributed by atoms with Crippen LogP contribution in [0, 0.1) is 11.3 Å². The topological polar surface area (TPSA) is 71.3 Å².